The van der Waals surface area contributed by atoms with Gasteiger partial charge in [-0.3, -0.25) is 4.86 Å². The van der Waals surface area contributed by atoms with Crippen LogP contribution >= 0.6 is 26.0 Å². The molecule has 15 heavy (non-hydrogen) atoms. The van der Waals surface area contributed by atoms with Crippen LogP contribution in [-0.4, -0.2) is 16.1 Å². The highest BCUT2D eigenvalue weighted by Gasteiger charge is 2.23. The molecule has 1 aromatic carbocycles. The molecule has 5 nitrogen and oxygen atoms in total. The van der Waals surface area contributed by atoms with Gasteiger partial charge in [-0.05, 0) is 12.1 Å². The van der Waals surface area contributed by atoms with Crippen LogP contribution in [0.15, 0.2) is 30.3 Å². The van der Waals surface area contributed by atoms with Crippen LogP contribution in [0.2, 0.25) is 0 Å². The fourth-order valence-corrected chi connectivity index (χ4v) is 5.55. The Hall–Kier alpha value is 0.150. The van der Waals surface area contributed by atoms with Gasteiger partial charge in [-0.15, -0.1) is 0 Å². The molecule has 3 atom stereocenters. The molecule has 0 radical (unpaired) electrons. The van der Waals surface area contributed by atoms with Crippen LogP contribution in [0, 0.1) is 0 Å². The second-order valence-corrected chi connectivity index (χ2v) is 7.29. The molecule has 1 aromatic rings. The molecule has 0 bridgehead atoms. The average Bonchev–Trinajstić information content (AvgIpc) is 2.31. The van der Waals surface area contributed by atoms with Crippen molar-refractivity contribution in [1.29, 1.82) is 0 Å². The summed E-state index contributed by atoms with van der Waals surface area (Å²) < 4.78 is 1.78. The summed E-state index contributed by atoms with van der Waals surface area (Å²) in [6.07, 6.45) is 0.101. The number of benzene rings is 1. The van der Waals surface area contributed by atoms with Crippen LogP contribution in [0.5, 0.6) is 5.75 Å². The Morgan fingerprint density at radius 2 is 2.20 bits per heavy atom. The second-order valence-electron chi connectivity index (χ2n) is 2.69. The van der Waals surface area contributed by atoms with Crippen LogP contribution in [0.25, 0.3) is 0 Å². The first-order valence-electron chi connectivity index (χ1n) is 4.33. The summed E-state index contributed by atoms with van der Waals surface area (Å²) in [5.74, 6) is 0.791. The van der Waals surface area contributed by atoms with E-state index in [-0.39, 0.29) is 6.35 Å². The molecule has 3 N–H and O–H groups in total. The summed E-state index contributed by atoms with van der Waals surface area (Å²) in [7, 11) is 0.102. The van der Waals surface area contributed by atoms with E-state index in [1.807, 2.05) is 30.3 Å². The third-order valence-corrected chi connectivity index (χ3v) is 6.21. The maximum Gasteiger partial charge on any atom is 0.148 e. The maximum atomic E-state index is 9.17. The summed E-state index contributed by atoms with van der Waals surface area (Å²) in [6.45, 7) is 0. The zero-order valence-electron chi connectivity index (χ0n) is 7.84. The van der Waals surface area contributed by atoms with Crippen molar-refractivity contribution in [3.63, 3.8) is 0 Å². The first-order valence-corrected chi connectivity index (χ1v) is 7.75. The third kappa shape index (κ3) is 3.30. The number of nitrogens with zero attached hydrogens (tertiary/aromatic N) is 1. The molecule has 82 valence electrons. The minimum absolute atomic E-state index is 0.101. The monoisotopic (exact) mass is 263 g/mol. The van der Waals surface area contributed by atoms with Gasteiger partial charge < -0.3 is 9.94 Å². The lowest BCUT2D eigenvalue weighted by Gasteiger charge is -2.33. The molecule has 0 spiro atoms. The Balaban J connectivity index is 1.97. The topological polar surface area (TPSA) is 56.8 Å². The van der Waals surface area contributed by atoms with E-state index in [4.69, 9.17) is 9.94 Å². The zero-order chi connectivity index (χ0) is 10.5. The van der Waals surface area contributed by atoms with Gasteiger partial charge in [-0.1, -0.05) is 22.8 Å². The van der Waals surface area contributed by atoms with Crippen molar-refractivity contribution in [1.82, 2.24) is 14.3 Å². The number of rotatable bonds is 3. The lowest BCUT2D eigenvalue weighted by Crippen LogP contribution is -2.26. The van der Waals surface area contributed by atoms with E-state index in [9.17, 15) is 0 Å². The standard InChI is InChI=1S/C7H12N3O2P3/c11-6-15-9-13-8-14-10(15)12-7-4-2-1-3-5-7/h1-5,8-9,11,13-14H,6H2. The van der Waals surface area contributed by atoms with Crippen LogP contribution < -0.4 is 14.6 Å². The van der Waals surface area contributed by atoms with E-state index < -0.39 is 8.22 Å². The number of aliphatic hydroxyl groups excluding tert-OH is 1. The molecule has 8 heteroatoms. The van der Waals surface area contributed by atoms with Crippen molar-refractivity contribution in [2.75, 3.05) is 6.35 Å². The lowest BCUT2D eigenvalue weighted by atomic mass is 10.3. The maximum absolute atomic E-state index is 9.17. The molecule has 0 aliphatic carbocycles. The van der Waals surface area contributed by atoms with Crippen LogP contribution in [0.1, 0.15) is 0 Å². The molecule has 1 fully saturated rings. The number of hydrogen-bond acceptors (Lipinski definition) is 5. The molecule has 1 aliphatic heterocycles. The molecule has 1 heterocycles. The molecule has 2 rings (SSSR count). The largest absolute Gasteiger partial charge is 0.396 e. The van der Waals surface area contributed by atoms with E-state index in [1.54, 1.807) is 4.60 Å². The van der Waals surface area contributed by atoms with Crippen molar-refractivity contribution in [2.45, 2.75) is 0 Å². The van der Waals surface area contributed by atoms with Gasteiger partial charge in [0.25, 0.3) is 0 Å². The number of nitrogens with one attached hydrogen (secondary N) is 2. The SMILES string of the molecule is OCP1NPNPN1Oc1ccccc1. The number of aliphatic hydroxyl groups is 1. The van der Waals surface area contributed by atoms with Gasteiger partial charge >= 0.3 is 0 Å². The van der Waals surface area contributed by atoms with Crippen molar-refractivity contribution in [3.05, 3.63) is 30.3 Å². The van der Waals surface area contributed by atoms with E-state index in [0.717, 1.165) is 5.75 Å². The molecule has 0 aromatic heterocycles. The molecule has 1 saturated heterocycles. The molecular weight excluding hydrogens is 251 g/mol. The van der Waals surface area contributed by atoms with E-state index in [1.165, 1.54) is 0 Å². The summed E-state index contributed by atoms with van der Waals surface area (Å²) in [5, 5.41) is 9.17. The molecule has 0 saturated carbocycles. The minimum Gasteiger partial charge on any atom is -0.396 e. The molecule has 0 amide bonds. The molecular formula is C7H12N3O2P3. The smallest absolute Gasteiger partial charge is 0.148 e. The van der Waals surface area contributed by atoms with Crippen molar-refractivity contribution < 1.29 is 9.94 Å². The average molecular weight is 263 g/mol. The predicted molar refractivity (Wildman–Crippen MR) is 65.8 cm³/mol. The first-order chi connectivity index (χ1) is 7.40. The number of para-hydroxylation sites is 1. The van der Waals surface area contributed by atoms with Gasteiger partial charge in [-0.25, -0.2) is 4.86 Å². The van der Waals surface area contributed by atoms with Gasteiger partial charge in [0.05, 0.1) is 15.2 Å². The van der Waals surface area contributed by atoms with Gasteiger partial charge in [-0.2, -0.15) is 0 Å². The van der Waals surface area contributed by atoms with Gasteiger partial charge in [0.2, 0.25) is 0 Å². The molecule has 1 aliphatic rings. The van der Waals surface area contributed by atoms with E-state index in [0.29, 0.717) is 17.8 Å². The van der Waals surface area contributed by atoms with Crippen molar-refractivity contribution in [2.24, 2.45) is 0 Å². The van der Waals surface area contributed by atoms with Crippen LogP contribution in [0.4, 0.5) is 0 Å². The zero-order valence-corrected chi connectivity index (χ0v) is 10.7. The van der Waals surface area contributed by atoms with E-state index >= 15 is 0 Å². The number of hydrogen-bond donors (Lipinski definition) is 3. The Kier molecular flexibility index (Phi) is 4.67. The summed E-state index contributed by atoms with van der Waals surface area (Å²) in [4.78, 5) is 12.0. The predicted octanol–water partition coefficient (Wildman–Crippen LogP) is 1.75. The van der Waals surface area contributed by atoms with Crippen LogP contribution in [0.3, 0.4) is 0 Å². The highest BCUT2D eigenvalue weighted by atomic mass is 31.2. The second kappa shape index (κ2) is 6.03. The fraction of sp³-hybridized carbons (Fsp3) is 0.143. The first kappa shape index (κ1) is 11.6. The van der Waals surface area contributed by atoms with Crippen molar-refractivity contribution in [3.8, 4) is 5.75 Å². The Bertz CT molecular complexity index is 303. The normalized spacial score (nSPS) is 25.8. The molecule has 3 unspecified atom stereocenters. The fourth-order valence-electron chi connectivity index (χ4n) is 1.02. The van der Waals surface area contributed by atoms with Gasteiger partial charge in [0, 0.05) is 8.88 Å². The third-order valence-electron chi connectivity index (χ3n) is 1.69. The lowest BCUT2D eigenvalue weighted by molar-refractivity contribution is 0.138. The van der Waals surface area contributed by atoms with E-state index in [2.05, 4.69) is 9.72 Å². The van der Waals surface area contributed by atoms with Gasteiger partial charge in [0.1, 0.15) is 14.0 Å². The minimum atomic E-state index is -0.778. The Labute approximate surface area is 93.2 Å². The van der Waals surface area contributed by atoms with Gasteiger partial charge in [0.15, 0.2) is 0 Å². The highest BCUT2D eigenvalue weighted by molar-refractivity contribution is 7.72. The quantitative estimate of drug-likeness (QED) is 0.725. The highest BCUT2D eigenvalue weighted by Crippen LogP contribution is 2.49. The van der Waals surface area contributed by atoms with Crippen molar-refractivity contribution >= 4 is 26.0 Å². The summed E-state index contributed by atoms with van der Waals surface area (Å²) >= 11 is 0. The summed E-state index contributed by atoms with van der Waals surface area (Å²) in [5.41, 5.74) is 0. The van der Waals surface area contributed by atoms with Crippen LogP contribution in [-0.2, 0) is 0 Å². The Morgan fingerprint density at radius 3 is 2.93 bits per heavy atom. The summed E-state index contributed by atoms with van der Waals surface area (Å²) in [6, 6.07) is 9.58. The Morgan fingerprint density at radius 1 is 1.40 bits per heavy atom.